The van der Waals surface area contributed by atoms with Crippen molar-refractivity contribution in [2.75, 3.05) is 17.7 Å². The van der Waals surface area contributed by atoms with Crippen LogP contribution < -0.4 is 11.1 Å². The summed E-state index contributed by atoms with van der Waals surface area (Å²) in [6.07, 6.45) is 3.36. The predicted molar refractivity (Wildman–Crippen MR) is 75.9 cm³/mol. The Balaban J connectivity index is 1.88. The number of rotatable bonds is 3. The number of nitrogens with two attached hydrogens (primary N) is 1. The Hall–Kier alpha value is -1.33. The smallest absolute Gasteiger partial charge is 0.106 e. The van der Waals surface area contributed by atoms with Crippen molar-refractivity contribution < 1.29 is 5.11 Å². The molecule has 1 heterocycles. The van der Waals surface area contributed by atoms with Crippen LogP contribution in [0.2, 0.25) is 0 Å². The molecule has 0 saturated heterocycles. The zero-order chi connectivity index (χ0) is 12.5. The van der Waals surface area contributed by atoms with Gasteiger partial charge in [0.25, 0.3) is 0 Å². The summed E-state index contributed by atoms with van der Waals surface area (Å²) >= 11 is 1.60. The molecule has 1 fully saturated rings. The van der Waals surface area contributed by atoms with E-state index >= 15 is 0 Å². The van der Waals surface area contributed by atoms with E-state index in [1.165, 1.54) is 6.42 Å². The number of thiazole rings is 1. The highest BCUT2D eigenvalue weighted by Gasteiger charge is 2.27. The minimum atomic E-state index is 0.247. The molecule has 1 saturated carbocycles. The Morgan fingerprint density at radius 1 is 1.44 bits per heavy atom. The number of aliphatic hydroxyl groups is 1. The van der Waals surface area contributed by atoms with Crippen LogP contribution >= 0.6 is 11.3 Å². The van der Waals surface area contributed by atoms with Gasteiger partial charge >= 0.3 is 0 Å². The van der Waals surface area contributed by atoms with E-state index in [2.05, 4.69) is 16.4 Å². The van der Waals surface area contributed by atoms with Gasteiger partial charge in [-0.25, -0.2) is 4.98 Å². The van der Waals surface area contributed by atoms with Gasteiger partial charge in [-0.2, -0.15) is 0 Å². The molecule has 1 aromatic carbocycles. The fraction of sp³-hybridized carbons (Fsp3) is 0.462. The average Bonchev–Trinajstić information content (AvgIpc) is 3.01. The fourth-order valence-electron chi connectivity index (χ4n) is 2.72. The van der Waals surface area contributed by atoms with E-state index in [4.69, 9.17) is 5.73 Å². The minimum absolute atomic E-state index is 0.247. The van der Waals surface area contributed by atoms with Crippen LogP contribution in [0.1, 0.15) is 19.3 Å². The van der Waals surface area contributed by atoms with Crippen LogP contribution in [0.4, 0.5) is 11.4 Å². The first-order chi connectivity index (χ1) is 8.79. The third kappa shape index (κ3) is 1.93. The molecule has 1 aliphatic rings. The Bertz CT molecular complexity index is 554. The lowest BCUT2D eigenvalue weighted by Crippen LogP contribution is -2.26. The lowest BCUT2D eigenvalue weighted by atomic mass is 10.0. The zero-order valence-corrected chi connectivity index (χ0v) is 10.9. The number of nitrogens with zero attached hydrogens (tertiary/aromatic N) is 1. The molecule has 18 heavy (non-hydrogen) atoms. The van der Waals surface area contributed by atoms with Gasteiger partial charge in [-0.15, -0.1) is 11.3 Å². The monoisotopic (exact) mass is 263 g/mol. The van der Waals surface area contributed by atoms with Gasteiger partial charge in [-0.3, -0.25) is 0 Å². The zero-order valence-electron chi connectivity index (χ0n) is 10.1. The van der Waals surface area contributed by atoms with E-state index in [0.29, 0.717) is 12.0 Å². The molecule has 4 nitrogen and oxygen atoms in total. The molecular weight excluding hydrogens is 246 g/mol. The van der Waals surface area contributed by atoms with E-state index in [9.17, 15) is 5.11 Å². The summed E-state index contributed by atoms with van der Waals surface area (Å²) in [7, 11) is 0. The van der Waals surface area contributed by atoms with Crippen molar-refractivity contribution in [1.29, 1.82) is 0 Å². The normalized spacial score (nSPS) is 23.6. The summed E-state index contributed by atoms with van der Waals surface area (Å²) in [4.78, 5) is 4.30. The van der Waals surface area contributed by atoms with Gasteiger partial charge in [0, 0.05) is 18.6 Å². The number of aromatic nitrogens is 1. The largest absolute Gasteiger partial charge is 0.396 e. The number of anilines is 2. The van der Waals surface area contributed by atoms with Gasteiger partial charge in [-0.05, 0) is 25.0 Å². The number of hydrogen-bond donors (Lipinski definition) is 3. The molecular formula is C13H17N3OS. The van der Waals surface area contributed by atoms with Crippen LogP contribution in [0.5, 0.6) is 0 Å². The molecule has 5 heteroatoms. The van der Waals surface area contributed by atoms with Crippen LogP contribution in [0.15, 0.2) is 17.6 Å². The predicted octanol–water partition coefficient (Wildman–Crippen LogP) is 2.45. The van der Waals surface area contributed by atoms with Gasteiger partial charge in [0.1, 0.15) is 5.52 Å². The van der Waals surface area contributed by atoms with E-state index in [1.807, 2.05) is 11.6 Å². The molecule has 2 aromatic rings. The van der Waals surface area contributed by atoms with Crippen molar-refractivity contribution in [3.63, 3.8) is 0 Å². The second-order valence-electron chi connectivity index (χ2n) is 4.85. The van der Waals surface area contributed by atoms with E-state index < -0.39 is 0 Å². The molecule has 0 radical (unpaired) electrons. The van der Waals surface area contributed by atoms with Gasteiger partial charge in [0.05, 0.1) is 21.6 Å². The molecule has 96 valence electrons. The lowest BCUT2D eigenvalue weighted by Gasteiger charge is -2.21. The number of fused-ring (bicyclic) bond motifs is 1. The molecule has 0 aliphatic heterocycles. The SMILES string of the molecule is Nc1c(NC2CCCC2CO)ccc2scnc12. The Morgan fingerprint density at radius 2 is 2.33 bits per heavy atom. The molecule has 0 bridgehead atoms. The van der Waals surface area contributed by atoms with Crippen molar-refractivity contribution in [2.24, 2.45) is 5.92 Å². The summed E-state index contributed by atoms with van der Waals surface area (Å²) in [6.45, 7) is 0.247. The maximum absolute atomic E-state index is 9.34. The highest BCUT2D eigenvalue weighted by molar-refractivity contribution is 7.16. The van der Waals surface area contributed by atoms with Crippen LogP contribution in [-0.2, 0) is 0 Å². The van der Waals surface area contributed by atoms with Gasteiger partial charge in [0.15, 0.2) is 0 Å². The number of aliphatic hydroxyl groups excluding tert-OH is 1. The maximum atomic E-state index is 9.34. The number of nitrogen functional groups attached to an aromatic ring is 1. The van der Waals surface area contributed by atoms with Gasteiger partial charge in [0.2, 0.25) is 0 Å². The molecule has 0 amide bonds. The summed E-state index contributed by atoms with van der Waals surface area (Å²) in [5, 5.41) is 12.8. The fourth-order valence-corrected chi connectivity index (χ4v) is 3.42. The third-order valence-corrected chi connectivity index (χ3v) is 4.57. The van der Waals surface area contributed by atoms with Crippen molar-refractivity contribution in [1.82, 2.24) is 4.98 Å². The van der Waals surface area contributed by atoms with Gasteiger partial charge in [-0.1, -0.05) is 6.42 Å². The minimum Gasteiger partial charge on any atom is -0.396 e. The number of nitrogens with one attached hydrogen (secondary N) is 1. The van der Waals surface area contributed by atoms with Crippen LogP contribution in [0.3, 0.4) is 0 Å². The quantitative estimate of drug-likeness (QED) is 0.744. The molecule has 1 aliphatic carbocycles. The summed E-state index contributed by atoms with van der Waals surface area (Å²) in [6, 6.07) is 4.39. The first-order valence-electron chi connectivity index (χ1n) is 6.28. The van der Waals surface area contributed by atoms with Crippen molar-refractivity contribution in [3.8, 4) is 0 Å². The highest BCUT2D eigenvalue weighted by atomic mass is 32.1. The topological polar surface area (TPSA) is 71.2 Å². The van der Waals surface area contributed by atoms with E-state index in [-0.39, 0.29) is 6.61 Å². The average molecular weight is 263 g/mol. The summed E-state index contributed by atoms with van der Waals surface area (Å²) < 4.78 is 1.11. The standard InChI is InChI=1S/C13H17N3OS/c14-12-10(4-5-11-13(12)15-7-18-11)16-9-3-1-2-8(9)6-17/h4-5,7-9,16-17H,1-3,6,14H2. The molecule has 1 aromatic heterocycles. The first-order valence-corrected chi connectivity index (χ1v) is 7.16. The summed E-state index contributed by atoms with van der Waals surface area (Å²) in [5.74, 6) is 0.343. The highest BCUT2D eigenvalue weighted by Crippen LogP contribution is 2.34. The molecule has 3 rings (SSSR count). The Morgan fingerprint density at radius 3 is 3.17 bits per heavy atom. The maximum Gasteiger partial charge on any atom is 0.106 e. The van der Waals surface area contributed by atoms with Crippen LogP contribution in [0.25, 0.3) is 10.2 Å². The molecule has 4 N–H and O–H groups in total. The van der Waals surface area contributed by atoms with E-state index in [0.717, 1.165) is 34.4 Å². The molecule has 2 unspecified atom stereocenters. The van der Waals surface area contributed by atoms with Crippen LogP contribution in [0, 0.1) is 5.92 Å². The molecule has 0 spiro atoms. The van der Waals surface area contributed by atoms with Gasteiger partial charge < -0.3 is 16.2 Å². The Kier molecular flexibility index (Phi) is 3.09. The second kappa shape index (κ2) is 4.74. The van der Waals surface area contributed by atoms with Crippen molar-refractivity contribution in [3.05, 3.63) is 17.6 Å². The summed E-state index contributed by atoms with van der Waals surface area (Å²) in [5.41, 5.74) is 10.5. The van der Waals surface area contributed by atoms with Crippen LogP contribution in [-0.4, -0.2) is 22.7 Å². The lowest BCUT2D eigenvalue weighted by molar-refractivity contribution is 0.222. The van der Waals surface area contributed by atoms with E-state index in [1.54, 1.807) is 11.3 Å². The second-order valence-corrected chi connectivity index (χ2v) is 5.74. The van der Waals surface area contributed by atoms with Crippen molar-refractivity contribution >= 4 is 32.9 Å². The number of benzene rings is 1. The third-order valence-electron chi connectivity index (χ3n) is 3.78. The Labute approximate surface area is 110 Å². The number of hydrogen-bond acceptors (Lipinski definition) is 5. The first kappa shape index (κ1) is 11.7. The van der Waals surface area contributed by atoms with Crippen molar-refractivity contribution in [2.45, 2.75) is 25.3 Å². The molecule has 2 atom stereocenters.